The molecule has 11 heteroatoms. The van der Waals surface area contributed by atoms with Crippen molar-refractivity contribution in [2.75, 3.05) is 19.8 Å². The van der Waals surface area contributed by atoms with Crippen LogP contribution in [0.4, 0.5) is 16.8 Å². The van der Waals surface area contributed by atoms with Crippen molar-refractivity contribution in [1.82, 2.24) is 4.67 Å². The Labute approximate surface area is 92.3 Å². The van der Waals surface area contributed by atoms with E-state index in [9.17, 15) is 16.8 Å². The smallest absolute Gasteiger partial charge is 0.227 e. The fourth-order valence-electron chi connectivity index (χ4n) is 1.29. The minimum atomic E-state index is -5.20. The van der Waals surface area contributed by atoms with Gasteiger partial charge in [-0.25, -0.2) is 4.67 Å². The highest BCUT2D eigenvalue weighted by Gasteiger charge is 2.39. The number of hydrogen-bond acceptors (Lipinski definition) is 4. The Hall–Kier alpha value is 0.370. The zero-order valence-corrected chi connectivity index (χ0v) is 11.7. The molecule has 0 aliphatic carbocycles. The van der Waals surface area contributed by atoms with E-state index in [1.54, 1.807) is 13.8 Å². The third-order valence-electron chi connectivity index (χ3n) is 1.86. The molecule has 0 aromatic carbocycles. The van der Waals surface area contributed by atoms with E-state index in [-0.39, 0.29) is 13.1 Å². The molecule has 1 aliphatic rings. The van der Waals surface area contributed by atoms with Gasteiger partial charge >= 0.3 is 15.5 Å². The molecule has 2 atom stereocenters. The Morgan fingerprint density at radius 1 is 0.938 bits per heavy atom. The van der Waals surface area contributed by atoms with Crippen molar-refractivity contribution < 1.29 is 16.8 Å². The van der Waals surface area contributed by atoms with Gasteiger partial charge in [-0.1, -0.05) is 13.8 Å². The third kappa shape index (κ3) is 3.19. The van der Waals surface area contributed by atoms with Crippen LogP contribution in [0.15, 0.2) is 13.5 Å². The van der Waals surface area contributed by atoms with Gasteiger partial charge < -0.3 is 0 Å². The van der Waals surface area contributed by atoms with Crippen molar-refractivity contribution in [3.8, 4) is 0 Å². The van der Waals surface area contributed by atoms with Gasteiger partial charge in [0.05, 0.1) is 0 Å². The van der Waals surface area contributed by atoms with Crippen LogP contribution in [-0.4, -0.2) is 24.4 Å². The topological polar surface area (TPSA) is 40.3 Å². The van der Waals surface area contributed by atoms with Crippen molar-refractivity contribution in [3.05, 3.63) is 0 Å². The predicted octanol–water partition coefficient (Wildman–Crippen LogP) is 5.77. The highest BCUT2D eigenvalue weighted by atomic mass is 31.3. The molecule has 0 saturated heterocycles. The van der Waals surface area contributed by atoms with Crippen LogP contribution in [0.3, 0.4) is 0 Å². The summed E-state index contributed by atoms with van der Waals surface area (Å²) in [7, 11) is -13.5. The van der Waals surface area contributed by atoms with Gasteiger partial charge in [-0.15, -0.1) is 12.9 Å². The summed E-state index contributed by atoms with van der Waals surface area (Å²) < 4.78 is 63.6. The molecule has 0 bridgehead atoms. The molecule has 0 saturated carbocycles. The Kier molecular flexibility index (Phi) is 4.12. The highest BCUT2D eigenvalue weighted by Crippen LogP contribution is 2.80. The second kappa shape index (κ2) is 4.56. The minimum Gasteiger partial charge on any atom is -0.227 e. The largest absolute Gasteiger partial charge is 0.422 e. The summed E-state index contributed by atoms with van der Waals surface area (Å²) in [6.07, 6.45) is 0. The molecule has 0 fully saturated rings. The first-order chi connectivity index (χ1) is 7.14. The van der Waals surface area contributed by atoms with Gasteiger partial charge in [0.2, 0.25) is 7.52 Å². The van der Waals surface area contributed by atoms with Crippen molar-refractivity contribution >= 4 is 23.0 Å². The molecule has 0 radical (unpaired) electrons. The molecule has 0 aromatic heterocycles. The van der Waals surface area contributed by atoms with Gasteiger partial charge in [0, 0.05) is 19.8 Å². The summed E-state index contributed by atoms with van der Waals surface area (Å²) in [6, 6.07) is 0. The Balaban J connectivity index is 3.42. The van der Waals surface area contributed by atoms with Gasteiger partial charge in [0.1, 0.15) is 0 Å². The first-order valence-corrected chi connectivity index (χ1v) is 9.62. The van der Waals surface area contributed by atoms with Gasteiger partial charge in [0.15, 0.2) is 0 Å². The average molecular weight is 298 g/mol. The maximum atomic E-state index is 14.2. The molecule has 0 N–H and O–H groups in total. The summed E-state index contributed by atoms with van der Waals surface area (Å²) >= 11 is 0. The summed E-state index contributed by atoms with van der Waals surface area (Å²) in [5.74, 6) is 0. The van der Waals surface area contributed by atoms with Crippen molar-refractivity contribution in [3.63, 3.8) is 0 Å². The van der Waals surface area contributed by atoms with E-state index in [2.05, 4.69) is 13.5 Å². The number of hydrogen-bond donors (Lipinski definition) is 0. The first kappa shape index (κ1) is 14.4. The second-order valence-electron chi connectivity index (χ2n) is 3.17. The quantitative estimate of drug-likeness (QED) is 0.481. The van der Waals surface area contributed by atoms with Crippen LogP contribution in [0, 0.1) is 0 Å². The van der Waals surface area contributed by atoms with Gasteiger partial charge in [0.25, 0.3) is 0 Å². The van der Waals surface area contributed by atoms with Crippen LogP contribution in [-0.2, 0) is 0 Å². The lowest BCUT2D eigenvalue weighted by atomic mass is 10.7. The van der Waals surface area contributed by atoms with E-state index < -0.39 is 23.0 Å². The van der Waals surface area contributed by atoms with E-state index >= 15 is 0 Å². The molecule has 0 amide bonds. The second-order valence-corrected chi connectivity index (χ2v) is 9.40. The van der Waals surface area contributed by atoms with Crippen LogP contribution in [0.5, 0.6) is 0 Å². The molecule has 16 heavy (non-hydrogen) atoms. The predicted molar refractivity (Wildman–Crippen MR) is 61.3 cm³/mol. The molecule has 0 spiro atoms. The SMILES string of the molecule is CCN(CC)P1(F)=NP(F)(F)=NP(C)(F)=N1. The molecular formula is C5H13F4N4P3. The molecule has 1 heterocycles. The Bertz CT molecular complexity index is 423. The maximum absolute atomic E-state index is 14.2. The monoisotopic (exact) mass is 298 g/mol. The Morgan fingerprint density at radius 2 is 1.44 bits per heavy atom. The van der Waals surface area contributed by atoms with Crippen LogP contribution in [0.25, 0.3) is 0 Å². The van der Waals surface area contributed by atoms with Gasteiger partial charge in [-0.3, -0.25) is 0 Å². The van der Waals surface area contributed by atoms with E-state index in [1.807, 2.05) is 0 Å². The van der Waals surface area contributed by atoms with Crippen molar-refractivity contribution in [1.29, 1.82) is 0 Å². The highest BCUT2D eigenvalue weighted by molar-refractivity contribution is 7.79. The summed E-state index contributed by atoms with van der Waals surface area (Å²) in [4.78, 5) is 0. The minimum absolute atomic E-state index is 0.160. The van der Waals surface area contributed by atoms with Gasteiger partial charge in [-0.05, 0) is 0 Å². The van der Waals surface area contributed by atoms with Crippen LogP contribution >= 0.6 is 23.0 Å². The Morgan fingerprint density at radius 3 is 1.81 bits per heavy atom. The zero-order chi connectivity index (χ0) is 12.6. The molecule has 4 nitrogen and oxygen atoms in total. The van der Waals surface area contributed by atoms with Gasteiger partial charge in [-0.2, -0.15) is 17.4 Å². The van der Waals surface area contributed by atoms with Crippen molar-refractivity contribution in [2.24, 2.45) is 13.5 Å². The van der Waals surface area contributed by atoms with Crippen molar-refractivity contribution in [2.45, 2.75) is 13.8 Å². The lowest BCUT2D eigenvalue weighted by Crippen LogP contribution is -2.16. The molecular weight excluding hydrogens is 285 g/mol. The van der Waals surface area contributed by atoms with E-state index in [0.29, 0.717) is 0 Å². The maximum Gasteiger partial charge on any atom is 0.422 e. The summed E-state index contributed by atoms with van der Waals surface area (Å²) in [6.45, 7) is 4.33. The van der Waals surface area contributed by atoms with E-state index in [1.165, 1.54) is 0 Å². The fourth-order valence-corrected chi connectivity index (χ4v) is 8.64. The molecule has 0 aromatic rings. The van der Waals surface area contributed by atoms with Crippen LogP contribution < -0.4 is 0 Å². The molecule has 2 unspecified atom stereocenters. The number of rotatable bonds is 3. The number of nitrogens with zero attached hydrogens (tertiary/aromatic N) is 4. The molecule has 1 rings (SSSR count). The molecule has 96 valence electrons. The van der Waals surface area contributed by atoms with E-state index in [0.717, 1.165) is 11.3 Å². The lowest BCUT2D eigenvalue weighted by molar-refractivity contribution is 0.473. The lowest BCUT2D eigenvalue weighted by Gasteiger charge is -2.27. The van der Waals surface area contributed by atoms with Crippen LogP contribution in [0.2, 0.25) is 0 Å². The molecule has 1 aliphatic heterocycles. The summed E-state index contributed by atoms with van der Waals surface area (Å²) in [5.41, 5.74) is 0. The van der Waals surface area contributed by atoms with E-state index in [4.69, 9.17) is 0 Å². The third-order valence-corrected chi connectivity index (χ3v) is 9.30. The zero-order valence-electron chi connectivity index (χ0n) is 9.06. The number of halogens is 4. The average Bonchev–Trinajstić information content (AvgIpc) is 1.97. The standard InChI is InChI=1S/C5H13F4N4P3/c1-4-13(5-2)16(9)11-14(3,6)10-15(7,8)12-16/h4-5H2,1-3H3. The summed E-state index contributed by atoms with van der Waals surface area (Å²) in [5, 5.41) is 0. The first-order valence-electron chi connectivity index (χ1n) is 4.57. The van der Waals surface area contributed by atoms with Crippen LogP contribution in [0.1, 0.15) is 13.8 Å². The normalized spacial score (nSPS) is 37.5. The fraction of sp³-hybridized carbons (Fsp3) is 1.00.